The monoisotopic (exact) mass is 286 g/mol. The minimum atomic E-state index is -0.0327. The first-order valence-corrected chi connectivity index (χ1v) is 6.57. The molecule has 0 aliphatic rings. The van der Waals surface area contributed by atoms with Gasteiger partial charge in [-0.1, -0.05) is 26.2 Å². The summed E-state index contributed by atoms with van der Waals surface area (Å²) >= 11 is 3.31. The van der Waals surface area contributed by atoms with Gasteiger partial charge in [0.25, 0.3) is 5.91 Å². The highest BCUT2D eigenvalue weighted by Gasteiger charge is 2.10. The number of carbonyl (C=O) groups is 1. The van der Waals surface area contributed by atoms with Crippen LogP contribution in [-0.4, -0.2) is 16.9 Å². The van der Waals surface area contributed by atoms with E-state index in [9.17, 15) is 4.79 Å². The van der Waals surface area contributed by atoms with E-state index in [1.54, 1.807) is 12.3 Å². The van der Waals surface area contributed by atoms with Crippen molar-refractivity contribution in [1.29, 1.82) is 0 Å². The Labute approximate surface area is 105 Å². The zero-order valence-corrected chi connectivity index (χ0v) is 11.4. The lowest BCUT2D eigenvalue weighted by molar-refractivity contribution is 0.0933. The Morgan fingerprint density at radius 3 is 2.88 bits per heavy atom. The van der Waals surface area contributed by atoms with Crippen molar-refractivity contribution in [2.24, 2.45) is 0 Å². The first kappa shape index (κ1) is 13.3. The van der Waals surface area contributed by atoms with Crippen LogP contribution in [0.3, 0.4) is 0 Å². The van der Waals surface area contributed by atoms with Gasteiger partial charge < -0.3 is 10.3 Å². The standard InChI is InChI=1S/C12H19BrN2O/c1-3-4-5-6-9(2)15-12(16)11-7-10(13)8-14-11/h7-9,14H,3-6H2,1-2H3,(H,15,16). The molecule has 3 nitrogen and oxygen atoms in total. The summed E-state index contributed by atoms with van der Waals surface area (Å²) in [6.45, 7) is 4.23. The van der Waals surface area contributed by atoms with E-state index in [2.05, 4.69) is 33.2 Å². The fraction of sp³-hybridized carbons (Fsp3) is 0.583. The van der Waals surface area contributed by atoms with Crippen molar-refractivity contribution in [2.45, 2.75) is 45.6 Å². The van der Waals surface area contributed by atoms with E-state index < -0.39 is 0 Å². The SMILES string of the molecule is CCCCCC(C)NC(=O)c1cc(Br)c[nH]1. The minimum Gasteiger partial charge on any atom is -0.356 e. The van der Waals surface area contributed by atoms with Gasteiger partial charge in [-0.15, -0.1) is 0 Å². The van der Waals surface area contributed by atoms with Crippen LogP contribution in [0.15, 0.2) is 16.7 Å². The predicted octanol–water partition coefficient (Wildman–Crippen LogP) is 3.48. The number of H-pyrrole nitrogens is 1. The van der Waals surface area contributed by atoms with Crippen LogP contribution in [0.1, 0.15) is 50.0 Å². The number of amides is 1. The summed E-state index contributed by atoms with van der Waals surface area (Å²) in [5, 5.41) is 2.98. The molecule has 0 saturated carbocycles. The molecule has 1 amide bonds. The van der Waals surface area contributed by atoms with Gasteiger partial charge in [0.1, 0.15) is 5.69 Å². The molecule has 0 fully saturated rings. The van der Waals surface area contributed by atoms with E-state index in [4.69, 9.17) is 0 Å². The highest BCUT2D eigenvalue weighted by atomic mass is 79.9. The Bertz CT molecular complexity index is 336. The number of carbonyl (C=O) groups excluding carboxylic acids is 1. The topological polar surface area (TPSA) is 44.9 Å². The molecule has 0 radical (unpaired) electrons. The largest absolute Gasteiger partial charge is 0.356 e. The van der Waals surface area contributed by atoms with E-state index in [0.717, 1.165) is 10.9 Å². The molecule has 4 heteroatoms. The van der Waals surface area contributed by atoms with Crippen LogP contribution < -0.4 is 5.32 Å². The summed E-state index contributed by atoms with van der Waals surface area (Å²) in [5.74, 6) is -0.0327. The van der Waals surface area contributed by atoms with E-state index >= 15 is 0 Å². The van der Waals surface area contributed by atoms with E-state index in [1.165, 1.54) is 19.3 Å². The second kappa shape index (κ2) is 6.74. The highest BCUT2D eigenvalue weighted by Crippen LogP contribution is 2.11. The molecule has 0 aliphatic carbocycles. The summed E-state index contributed by atoms with van der Waals surface area (Å²) in [4.78, 5) is 14.7. The van der Waals surface area contributed by atoms with Gasteiger partial charge in [-0.05, 0) is 35.3 Å². The van der Waals surface area contributed by atoms with Crippen LogP contribution in [-0.2, 0) is 0 Å². The number of aromatic nitrogens is 1. The molecule has 2 N–H and O–H groups in total. The maximum Gasteiger partial charge on any atom is 0.267 e. The smallest absolute Gasteiger partial charge is 0.267 e. The van der Waals surface area contributed by atoms with Crippen LogP contribution in [0.5, 0.6) is 0 Å². The van der Waals surface area contributed by atoms with Gasteiger partial charge in [0, 0.05) is 16.7 Å². The van der Waals surface area contributed by atoms with Gasteiger partial charge in [-0.25, -0.2) is 0 Å². The summed E-state index contributed by atoms with van der Waals surface area (Å²) in [5.41, 5.74) is 0.606. The molecule has 0 bridgehead atoms. The van der Waals surface area contributed by atoms with Crippen LogP contribution >= 0.6 is 15.9 Å². The molecule has 1 rings (SSSR count). The summed E-state index contributed by atoms with van der Waals surface area (Å²) in [6.07, 6.45) is 6.42. The number of nitrogens with one attached hydrogen (secondary N) is 2. The Kier molecular flexibility index (Phi) is 5.60. The molecule has 1 unspecified atom stereocenters. The second-order valence-electron chi connectivity index (χ2n) is 4.10. The number of hydrogen-bond donors (Lipinski definition) is 2. The summed E-state index contributed by atoms with van der Waals surface area (Å²) in [7, 11) is 0. The molecule has 0 aliphatic heterocycles. The first-order valence-electron chi connectivity index (χ1n) is 5.78. The van der Waals surface area contributed by atoms with Crippen molar-refractivity contribution in [3.05, 3.63) is 22.4 Å². The predicted molar refractivity (Wildman–Crippen MR) is 69.6 cm³/mol. The zero-order valence-electron chi connectivity index (χ0n) is 9.85. The molecule has 1 heterocycles. The molecule has 1 aromatic rings. The van der Waals surface area contributed by atoms with Crippen molar-refractivity contribution in [3.63, 3.8) is 0 Å². The van der Waals surface area contributed by atoms with Crippen LogP contribution in [0.2, 0.25) is 0 Å². The van der Waals surface area contributed by atoms with E-state index in [-0.39, 0.29) is 11.9 Å². The lowest BCUT2D eigenvalue weighted by atomic mass is 10.1. The number of hydrogen-bond acceptors (Lipinski definition) is 1. The minimum absolute atomic E-state index is 0.0327. The Morgan fingerprint density at radius 1 is 1.56 bits per heavy atom. The zero-order chi connectivity index (χ0) is 12.0. The summed E-state index contributed by atoms with van der Waals surface area (Å²) in [6, 6.07) is 2.02. The molecule has 0 aromatic carbocycles. The van der Waals surface area contributed by atoms with Crippen molar-refractivity contribution in [1.82, 2.24) is 10.3 Å². The normalized spacial score (nSPS) is 12.4. The fourth-order valence-electron chi connectivity index (χ4n) is 1.57. The lowest BCUT2D eigenvalue weighted by Crippen LogP contribution is -2.32. The van der Waals surface area contributed by atoms with Crippen LogP contribution in [0.25, 0.3) is 0 Å². The number of rotatable bonds is 6. The molecule has 1 atom stereocenters. The third kappa shape index (κ3) is 4.39. The third-order valence-electron chi connectivity index (χ3n) is 2.51. The van der Waals surface area contributed by atoms with Crippen molar-refractivity contribution in [3.8, 4) is 0 Å². The fourth-order valence-corrected chi connectivity index (χ4v) is 1.92. The van der Waals surface area contributed by atoms with Crippen LogP contribution in [0.4, 0.5) is 0 Å². The second-order valence-corrected chi connectivity index (χ2v) is 5.02. The van der Waals surface area contributed by atoms with E-state index in [0.29, 0.717) is 5.69 Å². The number of unbranched alkanes of at least 4 members (excludes halogenated alkanes) is 2. The maximum absolute atomic E-state index is 11.7. The van der Waals surface area contributed by atoms with Gasteiger partial charge in [0.2, 0.25) is 0 Å². The van der Waals surface area contributed by atoms with Gasteiger partial charge in [0.05, 0.1) is 0 Å². The first-order chi connectivity index (χ1) is 7.63. The number of halogens is 1. The Balaban J connectivity index is 2.33. The quantitative estimate of drug-likeness (QED) is 0.773. The Hall–Kier alpha value is -0.770. The Morgan fingerprint density at radius 2 is 2.31 bits per heavy atom. The van der Waals surface area contributed by atoms with Crippen molar-refractivity contribution in [2.75, 3.05) is 0 Å². The molecular formula is C12H19BrN2O. The average Bonchev–Trinajstić information content (AvgIpc) is 2.65. The molecule has 16 heavy (non-hydrogen) atoms. The third-order valence-corrected chi connectivity index (χ3v) is 2.97. The molecule has 90 valence electrons. The highest BCUT2D eigenvalue weighted by molar-refractivity contribution is 9.10. The maximum atomic E-state index is 11.7. The molecular weight excluding hydrogens is 268 g/mol. The number of aromatic amines is 1. The van der Waals surface area contributed by atoms with Crippen molar-refractivity contribution >= 4 is 21.8 Å². The van der Waals surface area contributed by atoms with Crippen LogP contribution in [0, 0.1) is 0 Å². The summed E-state index contributed by atoms with van der Waals surface area (Å²) < 4.78 is 0.899. The lowest BCUT2D eigenvalue weighted by Gasteiger charge is -2.12. The van der Waals surface area contributed by atoms with Gasteiger partial charge in [-0.3, -0.25) is 4.79 Å². The van der Waals surface area contributed by atoms with Gasteiger partial charge in [0.15, 0.2) is 0 Å². The molecule has 1 aromatic heterocycles. The molecule has 0 spiro atoms. The van der Waals surface area contributed by atoms with Gasteiger partial charge in [-0.2, -0.15) is 0 Å². The van der Waals surface area contributed by atoms with Crippen molar-refractivity contribution < 1.29 is 4.79 Å². The van der Waals surface area contributed by atoms with Gasteiger partial charge >= 0.3 is 0 Å². The average molecular weight is 287 g/mol. The molecule has 0 saturated heterocycles. The van der Waals surface area contributed by atoms with E-state index in [1.807, 2.05) is 6.92 Å².